The van der Waals surface area contributed by atoms with Gasteiger partial charge in [-0.25, -0.2) is 9.48 Å². The molecule has 4 rings (SSSR count). The van der Waals surface area contributed by atoms with Crippen LogP contribution in [0.15, 0.2) is 52.4 Å². The number of halogens is 1. The average Bonchev–Trinajstić information content (AvgIpc) is 3.32. The second-order valence-corrected chi connectivity index (χ2v) is 10.3. The van der Waals surface area contributed by atoms with Gasteiger partial charge in [-0.2, -0.15) is 0 Å². The highest BCUT2D eigenvalue weighted by Gasteiger charge is 2.54. The standard InChI is InChI=1S/C22H22ClN7O6S2/c1-4-7-36-26-15(11-5-6-14(35-3)13(23)8-11)18(31)24-16-19(32)30-17(21(33)34)12(9-37-20(16)30)10-38-22-25-27-28-29(22)2/h4-6,8,16,20H,1,7,9-10H2,2-3H3,(H,24,31)(H,33,34)/t16?,20-/m0/s1. The minimum absolute atomic E-state index is 0.0488. The molecule has 3 heterocycles. The lowest BCUT2D eigenvalue weighted by atomic mass is 10.0. The molecule has 2 aliphatic rings. The summed E-state index contributed by atoms with van der Waals surface area (Å²) in [6.45, 7) is 3.60. The Morgan fingerprint density at radius 3 is 2.87 bits per heavy atom. The number of nitrogens with one attached hydrogen (secondary N) is 1. The van der Waals surface area contributed by atoms with Gasteiger partial charge in [-0.05, 0) is 34.2 Å². The van der Waals surface area contributed by atoms with Gasteiger partial charge in [0, 0.05) is 24.1 Å². The van der Waals surface area contributed by atoms with Crippen molar-refractivity contribution in [2.45, 2.75) is 16.6 Å². The third-order valence-electron chi connectivity index (χ3n) is 5.48. The number of fused-ring (bicyclic) bond motifs is 1. The van der Waals surface area contributed by atoms with Crippen LogP contribution in [0.5, 0.6) is 5.75 Å². The van der Waals surface area contributed by atoms with E-state index >= 15 is 0 Å². The Bertz CT molecular complexity index is 1350. The second-order valence-electron chi connectivity index (χ2n) is 7.87. The van der Waals surface area contributed by atoms with Crippen molar-refractivity contribution in [2.75, 3.05) is 25.2 Å². The minimum atomic E-state index is -1.23. The summed E-state index contributed by atoms with van der Waals surface area (Å²) in [7, 11) is 3.13. The predicted octanol–water partition coefficient (Wildman–Crippen LogP) is 1.31. The Kier molecular flexibility index (Phi) is 8.58. The summed E-state index contributed by atoms with van der Waals surface area (Å²) in [6.07, 6.45) is 1.46. The van der Waals surface area contributed by atoms with Crippen LogP contribution in [-0.4, -0.2) is 90.3 Å². The van der Waals surface area contributed by atoms with Crippen LogP contribution in [0.25, 0.3) is 0 Å². The summed E-state index contributed by atoms with van der Waals surface area (Å²) in [4.78, 5) is 44.7. The first-order chi connectivity index (χ1) is 18.3. The van der Waals surface area contributed by atoms with Gasteiger partial charge in [0.2, 0.25) is 5.16 Å². The van der Waals surface area contributed by atoms with Gasteiger partial charge in [-0.15, -0.1) is 16.9 Å². The molecule has 0 bridgehead atoms. The van der Waals surface area contributed by atoms with Crippen LogP contribution in [0, 0.1) is 0 Å². The van der Waals surface area contributed by atoms with Crippen LogP contribution in [0.2, 0.25) is 5.02 Å². The van der Waals surface area contributed by atoms with Gasteiger partial charge in [0.15, 0.2) is 5.71 Å². The third kappa shape index (κ3) is 5.49. The summed E-state index contributed by atoms with van der Waals surface area (Å²) in [5.74, 6) is -1.43. The number of oxime groups is 1. The van der Waals surface area contributed by atoms with Gasteiger partial charge in [-0.1, -0.05) is 41.2 Å². The molecular formula is C22H22ClN7O6S2. The van der Waals surface area contributed by atoms with Crippen LogP contribution in [-0.2, 0) is 26.3 Å². The van der Waals surface area contributed by atoms with Crippen LogP contribution < -0.4 is 10.1 Å². The molecule has 1 saturated heterocycles. The fourth-order valence-electron chi connectivity index (χ4n) is 3.69. The van der Waals surface area contributed by atoms with Gasteiger partial charge in [0.25, 0.3) is 11.8 Å². The normalized spacial score (nSPS) is 19.0. The zero-order valence-corrected chi connectivity index (χ0v) is 22.5. The number of ether oxygens (including phenoxy) is 1. The largest absolute Gasteiger partial charge is 0.495 e. The number of methoxy groups -OCH3 is 1. The predicted molar refractivity (Wildman–Crippen MR) is 140 cm³/mol. The number of tetrazole rings is 1. The molecule has 1 unspecified atom stereocenters. The number of rotatable bonds is 11. The fraction of sp³-hybridized carbons (Fsp3) is 0.318. The Morgan fingerprint density at radius 1 is 1.45 bits per heavy atom. The Morgan fingerprint density at radius 2 is 2.24 bits per heavy atom. The van der Waals surface area contributed by atoms with Crippen LogP contribution >= 0.6 is 35.1 Å². The molecule has 2 aliphatic heterocycles. The van der Waals surface area contributed by atoms with E-state index < -0.39 is 29.2 Å². The molecule has 16 heteroatoms. The number of thioether (sulfide) groups is 2. The number of carboxylic acids is 1. The number of aliphatic carboxylic acids is 1. The van der Waals surface area contributed by atoms with E-state index in [9.17, 15) is 19.5 Å². The van der Waals surface area contributed by atoms with Gasteiger partial charge >= 0.3 is 5.97 Å². The highest BCUT2D eigenvalue weighted by molar-refractivity contribution is 8.01. The van der Waals surface area contributed by atoms with E-state index in [1.54, 1.807) is 19.2 Å². The number of aromatic nitrogens is 4. The number of amides is 2. The minimum Gasteiger partial charge on any atom is -0.495 e. The van der Waals surface area contributed by atoms with Crippen molar-refractivity contribution in [1.82, 2.24) is 30.4 Å². The SMILES string of the molecule is C=CCON=C(C(=O)NC1C(=O)N2C(C(=O)O)=C(CSc3nnnn3C)CS[C@@H]12)c1ccc(OC)c(Cl)c1. The number of carbonyl (C=O) groups excluding carboxylic acids is 2. The van der Waals surface area contributed by atoms with E-state index in [2.05, 4.69) is 32.6 Å². The van der Waals surface area contributed by atoms with Crippen molar-refractivity contribution in [2.24, 2.45) is 12.2 Å². The molecule has 200 valence electrons. The molecule has 2 N–H and O–H groups in total. The van der Waals surface area contributed by atoms with Crippen LogP contribution in [0.3, 0.4) is 0 Å². The van der Waals surface area contributed by atoms with Crippen molar-refractivity contribution >= 4 is 58.6 Å². The van der Waals surface area contributed by atoms with E-state index in [-0.39, 0.29) is 28.8 Å². The quantitative estimate of drug-likeness (QED) is 0.0985. The Balaban J connectivity index is 1.52. The molecule has 0 aliphatic carbocycles. The van der Waals surface area contributed by atoms with Gasteiger partial charge < -0.3 is 20.0 Å². The summed E-state index contributed by atoms with van der Waals surface area (Å²) < 4.78 is 6.62. The molecule has 2 aromatic rings. The maximum atomic E-state index is 13.2. The number of hydrogen-bond donors (Lipinski definition) is 2. The van der Waals surface area contributed by atoms with E-state index in [4.69, 9.17) is 21.2 Å². The molecule has 1 aromatic heterocycles. The molecule has 2 atom stereocenters. The molecule has 0 radical (unpaired) electrons. The maximum Gasteiger partial charge on any atom is 0.352 e. The van der Waals surface area contributed by atoms with Crippen molar-refractivity contribution in [3.8, 4) is 5.75 Å². The first kappa shape index (κ1) is 27.5. The first-order valence-electron chi connectivity index (χ1n) is 11.0. The summed E-state index contributed by atoms with van der Waals surface area (Å²) in [6, 6.07) is 3.67. The van der Waals surface area contributed by atoms with E-state index in [1.165, 1.54) is 52.4 Å². The molecule has 1 fully saturated rings. The number of β-lactam (4-membered cyclic amide) rings is 1. The van der Waals surface area contributed by atoms with E-state index in [0.717, 1.165) is 0 Å². The number of carbonyl (C=O) groups is 3. The van der Waals surface area contributed by atoms with Crippen molar-refractivity contribution in [3.05, 3.63) is 52.7 Å². The first-order valence-corrected chi connectivity index (χ1v) is 13.4. The van der Waals surface area contributed by atoms with E-state index in [0.29, 0.717) is 27.8 Å². The molecule has 2 amide bonds. The van der Waals surface area contributed by atoms with Gasteiger partial charge in [-0.3, -0.25) is 14.5 Å². The smallest absolute Gasteiger partial charge is 0.352 e. The second kappa shape index (κ2) is 11.9. The Hall–Kier alpha value is -3.56. The maximum absolute atomic E-state index is 13.2. The zero-order valence-electron chi connectivity index (χ0n) is 20.2. The monoisotopic (exact) mass is 579 g/mol. The zero-order chi connectivity index (χ0) is 27.4. The van der Waals surface area contributed by atoms with Gasteiger partial charge in [0.1, 0.15) is 29.5 Å². The molecular weight excluding hydrogens is 558 g/mol. The molecule has 0 saturated carbocycles. The van der Waals surface area contributed by atoms with Gasteiger partial charge in [0.05, 0.1) is 12.1 Å². The summed E-state index contributed by atoms with van der Waals surface area (Å²) in [5.41, 5.74) is 0.669. The third-order valence-corrected chi connectivity index (χ3v) is 8.21. The highest BCUT2D eigenvalue weighted by Crippen LogP contribution is 2.41. The summed E-state index contributed by atoms with van der Waals surface area (Å²) >= 11 is 8.83. The highest BCUT2D eigenvalue weighted by atomic mass is 35.5. The molecule has 13 nitrogen and oxygen atoms in total. The fourth-order valence-corrected chi connectivity index (χ4v) is 6.29. The van der Waals surface area contributed by atoms with E-state index in [1.807, 2.05) is 0 Å². The van der Waals surface area contributed by atoms with Crippen molar-refractivity contribution < 1.29 is 29.1 Å². The number of aryl methyl sites for hydroxylation is 1. The summed E-state index contributed by atoms with van der Waals surface area (Å²) in [5, 5.41) is 27.8. The van der Waals surface area contributed by atoms with Crippen LogP contribution in [0.1, 0.15) is 5.56 Å². The Labute approximate surface area is 230 Å². The van der Waals surface area contributed by atoms with Crippen LogP contribution in [0.4, 0.5) is 0 Å². The average molecular weight is 580 g/mol. The lowest BCUT2D eigenvalue weighted by Gasteiger charge is -2.49. The lowest BCUT2D eigenvalue weighted by Crippen LogP contribution is -2.71. The molecule has 38 heavy (non-hydrogen) atoms. The lowest BCUT2D eigenvalue weighted by molar-refractivity contribution is -0.150. The molecule has 0 spiro atoms. The van der Waals surface area contributed by atoms with Crippen molar-refractivity contribution in [1.29, 1.82) is 0 Å². The molecule has 1 aromatic carbocycles. The van der Waals surface area contributed by atoms with Crippen molar-refractivity contribution in [3.63, 3.8) is 0 Å². The number of nitrogens with zero attached hydrogens (tertiary/aromatic N) is 6. The number of hydrogen-bond acceptors (Lipinski definition) is 11. The topological polar surface area (TPSA) is 161 Å². The number of carboxylic acid groups (broad SMARTS) is 1. The number of benzene rings is 1.